The minimum absolute atomic E-state index is 0.514. The van der Waals surface area contributed by atoms with Gasteiger partial charge in [-0.25, -0.2) is 4.99 Å². The van der Waals surface area contributed by atoms with Gasteiger partial charge >= 0.3 is 0 Å². The minimum Gasteiger partial charge on any atom is -0.475 e. The molecule has 1 aliphatic heterocycles. The van der Waals surface area contributed by atoms with Gasteiger partial charge in [0.05, 0.1) is 16.6 Å². The summed E-state index contributed by atoms with van der Waals surface area (Å²) in [6.07, 6.45) is 0. The van der Waals surface area contributed by atoms with Crippen molar-refractivity contribution in [1.82, 2.24) is 5.16 Å². The zero-order valence-electron chi connectivity index (χ0n) is 10.1. The van der Waals surface area contributed by atoms with Gasteiger partial charge in [-0.3, -0.25) is 0 Å². The molecular formula is C13H10Cl2N2O2. The fourth-order valence-corrected chi connectivity index (χ4v) is 2.58. The first kappa shape index (κ1) is 12.5. The molecule has 0 amide bonds. The van der Waals surface area contributed by atoms with E-state index in [2.05, 4.69) is 10.1 Å². The first-order valence-corrected chi connectivity index (χ1v) is 6.52. The Morgan fingerprint density at radius 1 is 1.16 bits per heavy atom. The second-order valence-electron chi connectivity index (χ2n) is 4.09. The summed E-state index contributed by atoms with van der Waals surface area (Å²) in [6.45, 7) is 3.01. The SMILES string of the molecule is Cc1onc(-c2c(Cl)cccc2Cl)c1C1=NCCO1. The molecule has 2 aromatic rings. The highest BCUT2D eigenvalue weighted by Crippen LogP contribution is 2.37. The first-order valence-electron chi connectivity index (χ1n) is 5.76. The third kappa shape index (κ3) is 2.11. The number of ether oxygens (including phenoxy) is 1. The number of hydrogen-bond acceptors (Lipinski definition) is 4. The van der Waals surface area contributed by atoms with Crippen molar-refractivity contribution >= 4 is 29.1 Å². The summed E-state index contributed by atoms with van der Waals surface area (Å²) >= 11 is 12.4. The molecule has 0 aliphatic carbocycles. The Hall–Kier alpha value is -1.52. The van der Waals surface area contributed by atoms with Gasteiger partial charge in [-0.05, 0) is 19.1 Å². The predicted octanol–water partition coefficient (Wildman–Crippen LogP) is 3.73. The van der Waals surface area contributed by atoms with Gasteiger partial charge in [-0.15, -0.1) is 0 Å². The number of rotatable bonds is 2. The van der Waals surface area contributed by atoms with Crippen LogP contribution >= 0.6 is 23.2 Å². The lowest BCUT2D eigenvalue weighted by atomic mass is 10.1. The molecule has 0 N–H and O–H groups in total. The van der Waals surface area contributed by atoms with Gasteiger partial charge < -0.3 is 9.26 Å². The molecule has 0 saturated carbocycles. The van der Waals surface area contributed by atoms with E-state index in [1.54, 1.807) is 25.1 Å². The minimum atomic E-state index is 0.514. The van der Waals surface area contributed by atoms with E-state index in [1.807, 2.05) is 0 Å². The molecule has 2 heterocycles. The van der Waals surface area contributed by atoms with Crippen molar-refractivity contribution in [2.24, 2.45) is 4.99 Å². The molecular weight excluding hydrogens is 287 g/mol. The average molecular weight is 297 g/mol. The quantitative estimate of drug-likeness (QED) is 0.848. The largest absolute Gasteiger partial charge is 0.475 e. The number of aryl methyl sites for hydroxylation is 1. The molecule has 3 rings (SSSR count). The van der Waals surface area contributed by atoms with Crippen LogP contribution in [-0.2, 0) is 4.74 Å². The summed E-state index contributed by atoms with van der Waals surface area (Å²) in [7, 11) is 0. The highest BCUT2D eigenvalue weighted by Gasteiger charge is 2.25. The van der Waals surface area contributed by atoms with E-state index in [9.17, 15) is 0 Å². The monoisotopic (exact) mass is 296 g/mol. The van der Waals surface area contributed by atoms with Crippen molar-refractivity contribution in [3.63, 3.8) is 0 Å². The van der Waals surface area contributed by atoms with Gasteiger partial charge in [0.25, 0.3) is 0 Å². The highest BCUT2D eigenvalue weighted by atomic mass is 35.5. The topological polar surface area (TPSA) is 47.6 Å². The lowest BCUT2D eigenvalue weighted by Gasteiger charge is -2.06. The van der Waals surface area contributed by atoms with E-state index < -0.39 is 0 Å². The fourth-order valence-electron chi connectivity index (χ4n) is 2.01. The van der Waals surface area contributed by atoms with Crippen LogP contribution in [0, 0.1) is 6.92 Å². The molecule has 0 spiro atoms. The van der Waals surface area contributed by atoms with Crippen LogP contribution in [0.4, 0.5) is 0 Å². The number of nitrogens with zero attached hydrogens (tertiary/aromatic N) is 2. The van der Waals surface area contributed by atoms with E-state index in [0.717, 1.165) is 0 Å². The molecule has 0 fully saturated rings. The van der Waals surface area contributed by atoms with Crippen molar-refractivity contribution in [3.8, 4) is 11.3 Å². The van der Waals surface area contributed by atoms with Crippen LogP contribution in [0.2, 0.25) is 10.0 Å². The van der Waals surface area contributed by atoms with Crippen LogP contribution in [0.1, 0.15) is 11.3 Å². The maximum atomic E-state index is 6.21. The summed E-state index contributed by atoms with van der Waals surface area (Å²) in [6, 6.07) is 5.30. The lowest BCUT2D eigenvalue weighted by Crippen LogP contribution is -2.03. The zero-order valence-corrected chi connectivity index (χ0v) is 11.6. The molecule has 0 saturated heterocycles. The summed E-state index contributed by atoms with van der Waals surface area (Å²) in [5, 5.41) is 5.08. The highest BCUT2D eigenvalue weighted by molar-refractivity contribution is 6.39. The van der Waals surface area contributed by atoms with Gasteiger partial charge in [-0.2, -0.15) is 0 Å². The Balaban J connectivity index is 2.21. The van der Waals surface area contributed by atoms with Crippen LogP contribution < -0.4 is 0 Å². The van der Waals surface area contributed by atoms with E-state index in [4.69, 9.17) is 32.5 Å². The zero-order chi connectivity index (χ0) is 13.4. The summed E-state index contributed by atoms with van der Waals surface area (Å²) in [4.78, 5) is 4.29. The van der Waals surface area contributed by atoms with Crippen LogP contribution in [0.3, 0.4) is 0 Å². The van der Waals surface area contributed by atoms with Gasteiger partial charge in [0.15, 0.2) is 0 Å². The van der Waals surface area contributed by atoms with Crippen molar-refractivity contribution in [1.29, 1.82) is 0 Å². The standard InChI is InChI=1S/C13H10Cl2N2O2/c1-7-10(13-16-5-6-18-13)12(17-19-7)11-8(14)3-2-4-9(11)15/h2-4H,5-6H2,1H3. The molecule has 0 bridgehead atoms. The lowest BCUT2D eigenvalue weighted by molar-refractivity contribution is 0.347. The number of halogens is 2. The number of aromatic nitrogens is 1. The predicted molar refractivity (Wildman–Crippen MR) is 74.1 cm³/mol. The molecule has 0 unspecified atom stereocenters. The third-order valence-electron chi connectivity index (χ3n) is 2.86. The molecule has 0 atom stereocenters. The Morgan fingerprint density at radius 3 is 2.53 bits per heavy atom. The second kappa shape index (κ2) is 4.87. The normalized spacial score (nSPS) is 14.4. The Morgan fingerprint density at radius 2 is 1.89 bits per heavy atom. The Bertz CT molecular complexity index is 644. The van der Waals surface area contributed by atoms with Crippen LogP contribution in [0.25, 0.3) is 11.3 Å². The average Bonchev–Trinajstić information content (AvgIpc) is 2.99. The number of aliphatic imine (C=N–C) groups is 1. The van der Waals surface area contributed by atoms with Crippen LogP contribution in [0.15, 0.2) is 27.7 Å². The van der Waals surface area contributed by atoms with Gasteiger partial charge in [0.2, 0.25) is 5.90 Å². The molecule has 1 aromatic heterocycles. The maximum absolute atomic E-state index is 6.21. The van der Waals surface area contributed by atoms with E-state index in [-0.39, 0.29) is 0 Å². The van der Waals surface area contributed by atoms with Crippen LogP contribution in [-0.4, -0.2) is 24.2 Å². The first-order chi connectivity index (χ1) is 9.18. The van der Waals surface area contributed by atoms with Gasteiger partial charge in [0, 0.05) is 5.56 Å². The maximum Gasteiger partial charge on any atom is 0.222 e. The van der Waals surface area contributed by atoms with Gasteiger partial charge in [0.1, 0.15) is 23.6 Å². The second-order valence-corrected chi connectivity index (χ2v) is 4.91. The third-order valence-corrected chi connectivity index (χ3v) is 3.49. The van der Waals surface area contributed by atoms with E-state index >= 15 is 0 Å². The number of hydrogen-bond donors (Lipinski definition) is 0. The molecule has 1 aromatic carbocycles. The molecule has 1 aliphatic rings. The molecule has 6 heteroatoms. The van der Waals surface area contributed by atoms with Crippen molar-refractivity contribution < 1.29 is 9.26 Å². The molecule has 98 valence electrons. The summed E-state index contributed by atoms with van der Waals surface area (Å²) in [5.74, 6) is 1.16. The van der Waals surface area contributed by atoms with E-state index in [0.29, 0.717) is 51.7 Å². The van der Waals surface area contributed by atoms with Crippen molar-refractivity contribution in [2.45, 2.75) is 6.92 Å². The van der Waals surface area contributed by atoms with Crippen molar-refractivity contribution in [3.05, 3.63) is 39.6 Å². The summed E-state index contributed by atoms with van der Waals surface area (Å²) < 4.78 is 10.7. The van der Waals surface area contributed by atoms with Crippen molar-refractivity contribution in [2.75, 3.05) is 13.2 Å². The molecule has 19 heavy (non-hydrogen) atoms. The summed E-state index contributed by atoms with van der Waals surface area (Å²) in [5.41, 5.74) is 1.91. The number of benzene rings is 1. The van der Waals surface area contributed by atoms with Gasteiger partial charge in [-0.1, -0.05) is 34.4 Å². The fraction of sp³-hybridized carbons (Fsp3) is 0.231. The van der Waals surface area contributed by atoms with E-state index in [1.165, 1.54) is 0 Å². The molecule has 0 radical (unpaired) electrons. The van der Waals surface area contributed by atoms with Crippen LogP contribution in [0.5, 0.6) is 0 Å². The Kier molecular flexibility index (Phi) is 3.21. The Labute approximate surface area is 120 Å². The smallest absolute Gasteiger partial charge is 0.222 e. The molecule has 4 nitrogen and oxygen atoms in total.